The summed E-state index contributed by atoms with van der Waals surface area (Å²) in [4.78, 5) is 0.288. The van der Waals surface area contributed by atoms with E-state index in [9.17, 15) is 0 Å². The van der Waals surface area contributed by atoms with Crippen LogP contribution in [0.25, 0.3) is 0 Å². The first-order valence-electron chi connectivity index (χ1n) is 8.60. The van der Waals surface area contributed by atoms with Gasteiger partial charge in [-0.15, -0.1) is 0 Å². The van der Waals surface area contributed by atoms with Crippen LogP contribution < -0.4 is 4.46 Å². The van der Waals surface area contributed by atoms with Gasteiger partial charge in [0.15, 0.2) is 0 Å². The first-order valence-corrected chi connectivity index (χ1v) is 10.5. The molecule has 25 heavy (non-hydrogen) atoms. The topological polar surface area (TPSA) is 27.7 Å². The van der Waals surface area contributed by atoms with Crippen molar-refractivity contribution in [1.29, 1.82) is 0 Å². The SMILES string of the molecule is COCO[C@@H]1[C@H]([Se]c2ccccc2)[C@@H](c2ccccc2)OCC1(C)C. The average Bonchev–Trinajstić information content (AvgIpc) is 2.63. The molecule has 1 heterocycles. The fourth-order valence-corrected chi connectivity index (χ4v) is 6.52. The Morgan fingerprint density at radius 3 is 2.32 bits per heavy atom. The second-order valence-electron chi connectivity index (χ2n) is 7.02. The standard InChI is InChI=1S/C21H26O3Se/c1-21(2)14-23-18(16-10-6-4-7-11-16)19(20(21)24-15-22-3)25-17-12-8-5-9-13-17/h4-13,18-20H,14-15H2,1-3H3/t18-,19-,20-/m1/s1. The molecule has 1 aliphatic heterocycles. The molecule has 0 aromatic heterocycles. The van der Waals surface area contributed by atoms with Gasteiger partial charge in [0, 0.05) is 0 Å². The molecule has 0 aliphatic carbocycles. The molecule has 3 rings (SSSR count). The van der Waals surface area contributed by atoms with E-state index < -0.39 is 0 Å². The number of hydrogen-bond donors (Lipinski definition) is 0. The molecule has 0 radical (unpaired) electrons. The summed E-state index contributed by atoms with van der Waals surface area (Å²) in [5.74, 6) is 0. The quantitative estimate of drug-likeness (QED) is 0.543. The zero-order valence-electron chi connectivity index (χ0n) is 15.1. The van der Waals surface area contributed by atoms with Crippen LogP contribution in [0.4, 0.5) is 0 Å². The molecule has 4 heteroatoms. The van der Waals surface area contributed by atoms with Gasteiger partial charge in [-0.3, -0.25) is 0 Å². The van der Waals surface area contributed by atoms with Crippen LogP contribution in [0.1, 0.15) is 25.5 Å². The number of hydrogen-bond acceptors (Lipinski definition) is 3. The van der Waals surface area contributed by atoms with E-state index in [4.69, 9.17) is 14.2 Å². The van der Waals surface area contributed by atoms with Crippen LogP contribution in [0.5, 0.6) is 0 Å². The number of methoxy groups -OCH3 is 1. The molecule has 2 aromatic rings. The van der Waals surface area contributed by atoms with Crippen LogP contribution in [0.2, 0.25) is 4.82 Å². The molecule has 0 saturated carbocycles. The summed E-state index contributed by atoms with van der Waals surface area (Å²) in [5, 5.41) is 0. The minimum atomic E-state index is -0.0506. The second-order valence-corrected chi connectivity index (χ2v) is 9.65. The summed E-state index contributed by atoms with van der Waals surface area (Å²) in [6.45, 7) is 5.45. The minimum absolute atomic E-state index is 0.0506. The first kappa shape index (κ1) is 18.6. The predicted molar refractivity (Wildman–Crippen MR) is 101 cm³/mol. The van der Waals surface area contributed by atoms with E-state index >= 15 is 0 Å². The Kier molecular flexibility index (Phi) is 6.32. The van der Waals surface area contributed by atoms with Gasteiger partial charge in [-0.25, -0.2) is 0 Å². The summed E-state index contributed by atoms with van der Waals surface area (Å²) >= 11 is 0.234. The Morgan fingerprint density at radius 2 is 1.68 bits per heavy atom. The third-order valence-electron chi connectivity index (χ3n) is 4.51. The van der Waals surface area contributed by atoms with Crippen molar-refractivity contribution in [3.05, 3.63) is 66.2 Å². The molecule has 134 valence electrons. The number of ether oxygens (including phenoxy) is 3. The van der Waals surface area contributed by atoms with Gasteiger partial charge in [0.2, 0.25) is 0 Å². The van der Waals surface area contributed by atoms with Crippen molar-refractivity contribution in [2.75, 3.05) is 20.5 Å². The van der Waals surface area contributed by atoms with Crippen molar-refractivity contribution in [3.63, 3.8) is 0 Å². The normalized spacial score (nSPS) is 25.6. The molecule has 0 unspecified atom stereocenters. The maximum absolute atomic E-state index is 6.37. The Bertz CT molecular complexity index is 645. The Balaban J connectivity index is 1.93. The molecule has 0 amide bonds. The van der Waals surface area contributed by atoms with Crippen molar-refractivity contribution < 1.29 is 14.2 Å². The van der Waals surface area contributed by atoms with Crippen molar-refractivity contribution in [2.45, 2.75) is 30.9 Å². The summed E-state index contributed by atoms with van der Waals surface area (Å²) < 4.78 is 19.2. The summed E-state index contributed by atoms with van der Waals surface area (Å²) in [6.07, 6.45) is 0.142. The van der Waals surface area contributed by atoms with E-state index in [0.717, 1.165) is 0 Å². The molecule has 1 fully saturated rings. The average molecular weight is 405 g/mol. The van der Waals surface area contributed by atoms with Crippen molar-refractivity contribution >= 4 is 19.4 Å². The van der Waals surface area contributed by atoms with E-state index in [2.05, 4.69) is 68.4 Å². The van der Waals surface area contributed by atoms with Crippen LogP contribution in [0.15, 0.2) is 60.7 Å². The van der Waals surface area contributed by atoms with E-state index in [1.165, 1.54) is 10.0 Å². The van der Waals surface area contributed by atoms with Crippen LogP contribution in [-0.2, 0) is 14.2 Å². The zero-order valence-corrected chi connectivity index (χ0v) is 16.8. The third-order valence-corrected chi connectivity index (χ3v) is 7.26. The van der Waals surface area contributed by atoms with Crippen molar-refractivity contribution in [2.24, 2.45) is 5.41 Å². The molecule has 0 bridgehead atoms. The van der Waals surface area contributed by atoms with Gasteiger partial charge in [0.05, 0.1) is 0 Å². The second kappa shape index (κ2) is 8.48. The van der Waals surface area contributed by atoms with Crippen LogP contribution in [0.3, 0.4) is 0 Å². The number of benzene rings is 2. The van der Waals surface area contributed by atoms with Crippen LogP contribution in [0, 0.1) is 5.41 Å². The molecule has 3 atom stereocenters. The summed E-state index contributed by atoms with van der Waals surface area (Å²) in [5.41, 5.74) is 1.18. The van der Waals surface area contributed by atoms with Gasteiger partial charge in [-0.2, -0.15) is 0 Å². The van der Waals surface area contributed by atoms with Gasteiger partial charge in [-0.1, -0.05) is 0 Å². The molecule has 3 nitrogen and oxygen atoms in total. The van der Waals surface area contributed by atoms with Crippen molar-refractivity contribution in [3.8, 4) is 0 Å². The van der Waals surface area contributed by atoms with Gasteiger partial charge >= 0.3 is 157 Å². The molecule has 0 N–H and O–H groups in total. The van der Waals surface area contributed by atoms with Crippen molar-refractivity contribution in [1.82, 2.24) is 0 Å². The molecule has 0 spiro atoms. The summed E-state index contributed by atoms with van der Waals surface area (Å²) in [7, 11) is 1.68. The van der Waals surface area contributed by atoms with Gasteiger partial charge < -0.3 is 0 Å². The van der Waals surface area contributed by atoms with E-state index in [-0.39, 0.29) is 37.4 Å². The van der Waals surface area contributed by atoms with E-state index in [1.807, 2.05) is 6.07 Å². The van der Waals surface area contributed by atoms with Gasteiger partial charge in [-0.05, 0) is 0 Å². The summed E-state index contributed by atoms with van der Waals surface area (Å²) in [6, 6.07) is 21.2. The number of rotatable bonds is 6. The van der Waals surface area contributed by atoms with Crippen LogP contribution in [-0.4, -0.2) is 41.6 Å². The Hall–Kier alpha value is -1.16. The fraction of sp³-hybridized carbons (Fsp3) is 0.429. The third kappa shape index (κ3) is 4.52. The van der Waals surface area contributed by atoms with E-state index in [0.29, 0.717) is 13.4 Å². The maximum atomic E-state index is 6.37. The van der Waals surface area contributed by atoms with Gasteiger partial charge in [0.25, 0.3) is 0 Å². The fourth-order valence-electron chi connectivity index (χ4n) is 3.26. The molecule has 1 saturated heterocycles. The Labute approximate surface area is 156 Å². The zero-order chi connectivity index (χ0) is 17.7. The molecule has 1 aliphatic rings. The predicted octanol–water partition coefficient (Wildman–Crippen LogP) is 3.59. The van der Waals surface area contributed by atoms with Gasteiger partial charge in [0.1, 0.15) is 0 Å². The molecule has 2 aromatic carbocycles. The monoisotopic (exact) mass is 406 g/mol. The van der Waals surface area contributed by atoms with E-state index in [1.54, 1.807) is 7.11 Å². The van der Waals surface area contributed by atoms with Crippen LogP contribution >= 0.6 is 0 Å². The molecular formula is C21H26O3Se. The molecular weight excluding hydrogens is 379 g/mol. The Morgan fingerprint density at radius 1 is 1.04 bits per heavy atom. The first-order chi connectivity index (χ1) is 12.1.